The second kappa shape index (κ2) is 7.46. The van der Waals surface area contributed by atoms with Crippen LogP contribution in [0.4, 0.5) is 0 Å². The van der Waals surface area contributed by atoms with E-state index in [-0.39, 0.29) is 5.41 Å². The van der Waals surface area contributed by atoms with Gasteiger partial charge in [-0.1, -0.05) is 41.5 Å². The Hall–Kier alpha value is -1.70. The highest BCUT2D eigenvalue weighted by molar-refractivity contribution is 5.21. The van der Waals surface area contributed by atoms with Gasteiger partial charge in [0.15, 0.2) is 0 Å². The van der Waals surface area contributed by atoms with Gasteiger partial charge in [-0.25, -0.2) is 0 Å². The van der Waals surface area contributed by atoms with E-state index in [0.29, 0.717) is 11.3 Å². The van der Waals surface area contributed by atoms with Crippen molar-refractivity contribution < 1.29 is 0 Å². The minimum Gasteiger partial charge on any atom is -0.265 e. The fraction of sp³-hybridized carbons (Fsp3) is 0.545. The first-order valence-corrected chi connectivity index (χ1v) is 9.01. The molecule has 1 atom stereocenters. The zero-order chi connectivity index (χ0) is 17.8. The summed E-state index contributed by atoms with van der Waals surface area (Å²) in [4.78, 5) is 8.77. The Morgan fingerprint density at radius 1 is 0.958 bits per heavy atom. The van der Waals surface area contributed by atoms with Gasteiger partial charge >= 0.3 is 0 Å². The Labute approximate surface area is 147 Å². The van der Waals surface area contributed by atoms with Crippen LogP contribution in [0.25, 0.3) is 0 Å². The Bertz CT molecular complexity index is 639. The zero-order valence-corrected chi connectivity index (χ0v) is 16.1. The third-order valence-corrected chi connectivity index (χ3v) is 5.06. The molecule has 2 heterocycles. The normalized spacial score (nSPS) is 13.8. The summed E-state index contributed by atoms with van der Waals surface area (Å²) in [5, 5.41) is 0. The first kappa shape index (κ1) is 18.6. The summed E-state index contributed by atoms with van der Waals surface area (Å²) in [7, 11) is 0. The molecule has 0 aliphatic rings. The van der Waals surface area contributed by atoms with Crippen LogP contribution in [0.15, 0.2) is 42.9 Å². The number of rotatable bonds is 6. The monoisotopic (exact) mass is 324 g/mol. The highest BCUT2D eigenvalue weighted by Crippen LogP contribution is 2.37. The third kappa shape index (κ3) is 5.43. The molecule has 1 unspecified atom stereocenters. The topological polar surface area (TPSA) is 25.8 Å². The Morgan fingerprint density at radius 3 is 2.25 bits per heavy atom. The summed E-state index contributed by atoms with van der Waals surface area (Å²) < 4.78 is 0. The van der Waals surface area contributed by atoms with E-state index >= 15 is 0 Å². The average Bonchev–Trinajstić information content (AvgIpc) is 2.52. The van der Waals surface area contributed by atoms with Crippen LogP contribution in [0.5, 0.6) is 0 Å². The van der Waals surface area contributed by atoms with E-state index in [1.54, 1.807) is 0 Å². The number of hydrogen-bond acceptors (Lipinski definition) is 2. The van der Waals surface area contributed by atoms with E-state index in [1.807, 2.05) is 18.6 Å². The van der Waals surface area contributed by atoms with E-state index in [0.717, 1.165) is 12.8 Å². The van der Waals surface area contributed by atoms with Crippen molar-refractivity contribution in [2.24, 2.45) is 10.8 Å². The highest BCUT2D eigenvalue weighted by Gasteiger charge is 2.28. The minimum absolute atomic E-state index is 0.150. The van der Waals surface area contributed by atoms with Gasteiger partial charge in [0, 0.05) is 24.3 Å². The van der Waals surface area contributed by atoms with Crippen molar-refractivity contribution in [2.75, 3.05) is 0 Å². The maximum atomic E-state index is 4.63. The van der Waals surface area contributed by atoms with Crippen LogP contribution < -0.4 is 0 Å². The van der Waals surface area contributed by atoms with E-state index in [9.17, 15) is 0 Å². The van der Waals surface area contributed by atoms with Crippen molar-refractivity contribution in [3.8, 4) is 0 Å². The molecule has 130 valence electrons. The molecule has 2 aromatic rings. The zero-order valence-electron chi connectivity index (χ0n) is 16.1. The number of aryl methyl sites for hydroxylation is 1. The van der Waals surface area contributed by atoms with E-state index in [4.69, 9.17) is 0 Å². The van der Waals surface area contributed by atoms with Crippen molar-refractivity contribution in [2.45, 2.75) is 66.7 Å². The lowest BCUT2D eigenvalue weighted by Gasteiger charge is -2.32. The van der Waals surface area contributed by atoms with Crippen LogP contribution >= 0.6 is 0 Å². The lowest BCUT2D eigenvalue weighted by molar-refractivity contribution is 0.295. The molecule has 0 bridgehead atoms. The third-order valence-electron chi connectivity index (χ3n) is 5.06. The van der Waals surface area contributed by atoms with Gasteiger partial charge in [-0.2, -0.15) is 0 Å². The molecule has 0 amide bonds. The highest BCUT2D eigenvalue weighted by atomic mass is 14.7. The SMILES string of the molecule is CC(c1ccncc1)C(C)(C)Cc1cc(CCC(C)(C)C)ccn1. The first-order valence-electron chi connectivity index (χ1n) is 9.01. The fourth-order valence-corrected chi connectivity index (χ4v) is 3.02. The predicted octanol–water partition coefficient (Wildman–Crippen LogP) is 5.83. The molecule has 0 radical (unpaired) electrons. The summed E-state index contributed by atoms with van der Waals surface area (Å²) in [6.07, 6.45) is 9.05. The molecule has 0 saturated carbocycles. The van der Waals surface area contributed by atoms with Gasteiger partial charge < -0.3 is 0 Å². The number of nitrogens with zero attached hydrogens (tertiary/aromatic N) is 2. The molecule has 2 nitrogen and oxygen atoms in total. The Morgan fingerprint density at radius 2 is 1.62 bits per heavy atom. The maximum Gasteiger partial charge on any atom is 0.0411 e. The van der Waals surface area contributed by atoms with Crippen LogP contribution in [0.1, 0.15) is 70.7 Å². The molecule has 2 heteroatoms. The van der Waals surface area contributed by atoms with Crippen molar-refractivity contribution in [1.82, 2.24) is 9.97 Å². The van der Waals surface area contributed by atoms with Gasteiger partial charge in [-0.15, -0.1) is 0 Å². The number of aromatic nitrogens is 2. The second-order valence-corrected chi connectivity index (χ2v) is 8.88. The van der Waals surface area contributed by atoms with Gasteiger partial charge in [0.25, 0.3) is 0 Å². The number of pyridine rings is 2. The summed E-state index contributed by atoms with van der Waals surface area (Å²) >= 11 is 0. The molecule has 0 fully saturated rings. The van der Waals surface area contributed by atoms with Crippen LogP contribution in [-0.4, -0.2) is 9.97 Å². The molecule has 0 saturated heterocycles. The van der Waals surface area contributed by atoms with Crippen molar-refractivity contribution in [3.63, 3.8) is 0 Å². The predicted molar refractivity (Wildman–Crippen MR) is 102 cm³/mol. The van der Waals surface area contributed by atoms with Crippen molar-refractivity contribution in [1.29, 1.82) is 0 Å². The quantitative estimate of drug-likeness (QED) is 0.668. The molecular weight excluding hydrogens is 292 g/mol. The second-order valence-electron chi connectivity index (χ2n) is 8.88. The van der Waals surface area contributed by atoms with Crippen LogP contribution in [0.3, 0.4) is 0 Å². The molecule has 2 aromatic heterocycles. The molecule has 0 spiro atoms. The van der Waals surface area contributed by atoms with Crippen molar-refractivity contribution >= 4 is 0 Å². The summed E-state index contributed by atoms with van der Waals surface area (Å²) in [6, 6.07) is 8.71. The molecule has 0 aliphatic carbocycles. The average molecular weight is 325 g/mol. The van der Waals surface area contributed by atoms with Crippen LogP contribution in [0.2, 0.25) is 0 Å². The van der Waals surface area contributed by atoms with E-state index in [1.165, 1.54) is 23.2 Å². The van der Waals surface area contributed by atoms with Crippen molar-refractivity contribution in [3.05, 3.63) is 59.7 Å². The Kier molecular flexibility index (Phi) is 5.79. The largest absolute Gasteiger partial charge is 0.265 e. The maximum absolute atomic E-state index is 4.63. The van der Waals surface area contributed by atoms with Gasteiger partial charge in [0.05, 0.1) is 0 Å². The van der Waals surface area contributed by atoms with Gasteiger partial charge in [0.1, 0.15) is 0 Å². The summed E-state index contributed by atoms with van der Waals surface area (Å²) in [6.45, 7) is 13.9. The van der Waals surface area contributed by atoms with E-state index < -0.39 is 0 Å². The fourth-order valence-electron chi connectivity index (χ4n) is 3.02. The Balaban J connectivity index is 2.09. The van der Waals surface area contributed by atoms with Gasteiger partial charge in [-0.05, 0) is 71.4 Å². The molecule has 2 rings (SSSR count). The molecule has 0 aromatic carbocycles. The van der Waals surface area contributed by atoms with Crippen LogP contribution in [0, 0.1) is 10.8 Å². The van der Waals surface area contributed by atoms with Gasteiger partial charge in [0.2, 0.25) is 0 Å². The molecular formula is C22H32N2. The molecule has 0 N–H and O–H groups in total. The van der Waals surface area contributed by atoms with E-state index in [2.05, 4.69) is 75.8 Å². The summed E-state index contributed by atoms with van der Waals surface area (Å²) in [5.41, 5.74) is 4.48. The first-order chi connectivity index (χ1) is 11.2. The minimum atomic E-state index is 0.150. The smallest absolute Gasteiger partial charge is 0.0411 e. The summed E-state index contributed by atoms with van der Waals surface area (Å²) in [5.74, 6) is 0.459. The molecule has 24 heavy (non-hydrogen) atoms. The van der Waals surface area contributed by atoms with Gasteiger partial charge in [-0.3, -0.25) is 9.97 Å². The number of hydrogen-bond donors (Lipinski definition) is 0. The van der Waals surface area contributed by atoms with Crippen LogP contribution in [-0.2, 0) is 12.8 Å². The lowest BCUT2D eigenvalue weighted by Crippen LogP contribution is -2.23. The lowest BCUT2D eigenvalue weighted by atomic mass is 9.73. The molecule has 0 aliphatic heterocycles. The standard InChI is InChI=1S/C22H32N2/c1-17(19-9-12-23-13-10-19)22(5,6)16-20-15-18(8-14-24-20)7-11-21(2,3)4/h8-10,12-15,17H,7,11,16H2,1-6H3.